The average Bonchev–Trinajstić information content (AvgIpc) is 2.62. The van der Waals surface area contributed by atoms with Crippen LogP contribution in [0.2, 0.25) is 0 Å². The molecule has 2 aromatic carbocycles. The predicted octanol–water partition coefficient (Wildman–Crippen LogP) is 2.81. The molecule has 28 heavy (non-hydrogen) atoms. The Balaban J connectivity index is 2.20. The van der Waals surface area contributed by atoms with Gasteiger partial charge in [-0.15, -0.1) is 0 Å². The number of hydrogen-bond donors (Lipinski definition) is 1. The largest absolute Gasteiger partial charge is 0.323 e. The van der Waals surface area contributed by atoms with E-state index in [0.29, 0.717) is 5.56 Å². The Morgan fingerprint density at radius 2 is 1.64 bits per heavy atom. The lowest BCUT2D eigenvalue weighted by Gasteiger charge is -2.27. The molecule has 0 heterocycles. The molecule has 2 rings (SSSR count). The van der Waals surface area contributed by atoms with Crippen LogP contribution in [0.5, 0.6) is 0 Å². The molecule has 0 atom stereocenters. The zero-order valence-electron chi connectivity index (χ0n) is 15.5. The summed E-state index contributed by atoms with van der Waals surface area (Å²) in [6.45, 7) is 2.16. The quantitative estimate of drug-likeness (QED) is 0.302. The summed E-state index contributed by atoms with van der Waals surface area (Å²) in [5.41, 5.74) is 0.458. The van der Waals surface area contributed by atoms with Gasteiger partial charge in [0.2, 0.25) is 10.0 Å². The van der Waals surface area contributed by atoms with Crippen LogP contribution in [-0.2, 0) is 25.8 Å². The number of nitrogens with zero attached hydrogens (tertiary/aromatic N) is 2. The van der Waals surface area contributed by atoms with E-state index in [9.17, 15) is 27.4 Å². The van der Waals surface area contributed by atoms with E-state index in [2.05, 4.69) is 0 Å². The fourth-order valence-corrected chi connectivity index (χ4v) is 5.77. The summed E-state index contributed by atoms with van der Waals surface area (Å²) in [4.78, 5) is 12.2. The van der Waals surface area contributed by atoms with Crippen molar-refractivity contribution in [1.29, 1.82) is 0 Å². The summed E-state index contributed by atoms with van der Waals surface area (Å²) in [6.07, 6.45) is -0.586. The number of benzene rings is 2. The van der Waals surface area contributed by atoms with Gasteiger partial charge in [-0.05, 0) is 43.2 Å². The molecule has 0 saturated heterocycles. The third-order valence-corrected chi connectivity index (χ3v) is 6.73. The van der Waals surface area contributed by atoms with Crippen molar-refractivity contribution in [2.75, 3.05) is 26.3 Å². The summed E-state index contributed by atoms with van der Waals surface area (Å²) in [6, 6.07) is 12.6. The molecule has 0 saturated carbocycles. The van der Waals surface area contributed by atoms with Gasteiger partial charge in [-0.2, -0.15) is 4.31 Å². The van der Waals surface area contributed by atoms with Gasteiger partial charge in [0.15, 0.2) is 0 Å². The first kappa shape index (κ1) is 22.2. The fraction of sp³-hybridized carbons (Fsp3) is 0.278. The van der Waals surface area contributed by atoms with Gasteiger partial charge in [-0.25, -0.2) is 17.9 Å². The summed E-state index contributed by atoms with van der Waals surface area (Å²) in [7, 11) is -6.92. The van der Waals surface area contributed by atoms with Crippen molar-refractivity contribution in [3.8, 4) is 0 Å². The second-order valence-corrected chi connectivity index (χ2v) is 12.1. The zero-order valence-corrected chi connectivity index (χ0v) is 17.2. The number of hydrogen-bond acceptors (Lipinski definition) is 5. The highest BCUT2D eigenvalue weighted by atomic mass is 32.2. The third-order valence-electron chi connectivity index (χ3n) is 3.73. The van der Waals surface area contributed by atoms with Crippen molar-refractivity contribution >= 4 is 23.1 Å². The maximum absolute atomic E-state index is 13.0. The summed E-state index contributed by atoms with van der Waals surface area (Å²) >= 11 is 0. The lowest BCUT2D eigenvalue weighted by Crippen LogP contribution is -2.43. The lowest BCUT2D eigenvalue weighted by molar-refractivity contribution is -0.169. The smallest absolute Gasteiger partial charge is 0.251 e. The van der Waals surface area contributed by atoms with Crippen LogP contribution in [0, 0.1) is 5.82 Å². The van der Waals surface area contributed by atoms with E-state index in [4.69, 9.17) is 0 Å². The van der Waals surface area contributed by atoms with Gasteiger partial charge in [0.1, 0.15) is 12.5 Å². The molecule has 1 N–H and O–H groups in total. The van der Waals surface area contributed by atoms with Crippen LogP contribution in [0.1, 0.15) is 5.56 Å². The number of hydroxylamine groups is 2. The van der Waals surface area contributed by atoms with E-state index in [-0.39, 0.29) is 22.7 Å². The van der Waals surface area contributed by atoms with E-state index in [0.717, 1.165) is 4.31 Å². The molecule has 152 valence electrons. The Bertz CT molecular complexity index is 961. The molecule has 0 aliphatic carbocycles. The molecule has 0 bridgehead atoms. The van der Waals surface area contributed by atoms with Crippen molar-refractivity contribution in [1.82, 2.24) is 9.37 Å². The Labute approximate surface area is 163 Å². The van der Waals surface area contributed by atoms with Crippen LogP contribution in [-0.4, -0.2) is 55.2 Å². The van der Waals surface area contributed by atoms with E-state index in [1.54, 1.807) is 18.2 Å². The first-order chi connectivity index (χ1) is 13.0. The van der Waals surface area contributed by atoms with Crippen molar-refractivity contribution < 1.29 is 27.4 Å². The SMILES string of the molecule is CP(C)(=O)CN(CN(O)C(=O)Cc1ccc(F)cc1)S(=O)(=O)c1ccccc1. The van der Waals surface area contributed by atoms with Gasteiger partial charge >= 0.3 is 0 Å². The van der Waals surface area contributed by atoms with E-state index in [1.807, 2.05) is 0 Å². The molecule has 0 aliphatic rings. The molecule has 10 heteroatoms. The molecule has 1 amide bonds. The minimum absolute atomic E-state index is 0.0390. The van der Waals surface area contributed by atoms with Crippen molar-refractivity contribution in [2.45, 2.75) is 11.3 Å². The first-order valence-corrected chi connectivity index (χ1v) is 12.5. The van der Waals surface area contributed by atoms with Crippen LogP contribution >= 0.6 is 7.14 Å². The Morgan fingerprint density at radius 3 is 2.18 bits per heavy atom. The topological polar surface area (TPSA) is 95.0 Å². The van der Waals surface area contributed by atoms with Gasteiger partial charge in [-0.3, -0.25) is 10.0 Å². The van der Waals surface area contributed by atoms with E-state index < -0.39 is 35.6 Å². The van der Waals surface area contributed by atoms with Gasteiger partial charge in [-0.1, -0.05) is 30.3 Å². The number of carbonyl (C=O) groups is 1. The number of sulfonamides is 1. The Kier molecular flexibility index (Phi) is 7.11. The average molecular weight is 428 g/mol. The summed E-state index contributed by atoms with van der Waals surface area (Å²) in [5, 5.41) is 10.4. The van der Waals surface area contributed by atoms with Gasteiger partial charge in [0, 0.05) is 0 Å². The zero-order chi connectivity index (χ0) is 20.9. The molecular weight excluding hydrogens is 406 g/mol. The van der Waals surface area contributed by atoms with Gasteiger partial charge in [0.05, 0.1) is 24.7 Å². The Morgan fingerprint density at radius 1 is 1.07 bits per heavy atom. The number of rotatable bonds is 8. The van der Waals surface area contributed by atoms with E-state index >= 15 is 0 Å². The van der Waals surface area contributed by atoms with E-state index in [1.165, 1.54) is 49.7 Å². The maximum Gasteiger partial charge on any atom is 0.251 e. The van der Waals surface area contributed by atoms with Crippen LogP contribution in [0.25, 0.3) is 0 Å². The summed E-state index contributed by atoms with van der Waals surface area (Å²) < 4.78 is 51.8. The molecule has 0 spiro atoms. The maximum atomic E-state index is 13.0. The number of amides is 1. The van der Waals surface area contributed by atoms with Crippen molar-refractivity contribution in [2.24, 2.45) is 0 Å². The minimum atomic E-state index is -4.08. The minimum Gasteiger partial charge on any atom is -0.323 e. The highest BCUT2D eigenvalue weighted by molar-refractivity contribution is 7.89. The highest BCUT2D eigenvalue weighted by Crippen LogP contribution is 2.38. The molecular formula is C18H22FN2O5PS. The molecule has 0 fully saturated rings. The monoisotopic (exact) mass is 428 g/mol. The number of carbonyl (C=O) groups excluding carboxylic acids is 1. The molecule has 0 aliphatic heterocycles. The van der Waals surface area contributed by atoms with Gasteiger partial charge < -0.3 is 4.57 Å². The predicted molar refractivity (Wildman–Crippen MR) is 103 cm³/mol. The molecule has 2 aromatic rings. The van der Waals surface area contributed by atoms with Crippen LogP contribution in [0.4, 0.5) is 4.39 Å². The van der Waals surface area contributed by atoms with Gasteiger partial charge in [0.25, 0.3) is 5.91 Å². The highest BCUT2D eigenvalue weighted by Gasteiger charge is 2.30. The van der Waals surface area contributed by atoms with Crippen LogP contribution < -0.4 is 0 Å². The Hall–Kier alpha value is -2.06. The standard InChI is InChI=1S/C18H22FN2O5PS/c1-27(2,24)14-20(28(25,26)17-6-4-3-5-7-17)13-21(23)18(22)12-15-8-10-16(19)11-9-15/h3-11,23H,12-14H2,1-2H3. The van der Waals surface area contributed by atoms with Crippen LogP contribution in [0.3, 0.4) is 0 Å². The molecule has 0 radical (unpaired) electrons. The van der Waals surface area contributed by atoms with Crippen molar-refractivity contribution in [3.05, 3.63) is 66.0 Å². The summed E-state index contributed by atoms with van der Waals surface area (Å²) in [5.74, 6) is -1.24. The number of halogens is 1. The molecule has 0 aromatic heterocycles. The molecule has 7 nitrogen and oxygen atoms in total. The fourth-order valence-electron chi connectivity index (χ4n) is 2.41. The second kappa shape index (κ2) is 8.96. The lowest BCUT2D eigenvalue weighted by atomic mass is 10.1. The second-order valence-electron chi connectivity index (χ2n) is 6.72. The van der Waals surface area contributed by atoms with Crippen molar-refractivity contribution in [3.63, 3.8) is 0 Å². The molecule has 0 unspecified atom stereocenters. The normalized spacial score (nSPS) is 12.2. The van der Waals surface area contributed by atoms with Crippen LogP contribution in [0.15, 0.2) is 59.5 Å². The third kappa shape index (κ3) is 6.24. The first-order valence-electron chi connectivity index (χ1n) is 8.32.